The van der Waals surface area contributed by atoms with Crippen molar-refractivity contribution < 1.29 is 19.4 Å². The number of fused-ring (bicyclic) bond motifs is 1. The summed E-state index contributed by atoms with van der Waals surface area (Å²) in [7, 11) is 0. The van der Waals surface area contributed by atoms with Crippen LogP contribution >= 0.6 is 0 Å². The molecule has 0 saturated carbocycles. The highest BCUT2D eigenvalue weighted by Crippen LogP contribution is 2.28. The maximum absolute atomic E-state index is 12.0. The molecule has 27 heavy (non-hydrogen) atoms. The molecular weight excluding hydrogens is 344 g/mol. The minimum Gasteiger partial charge on any atom is -0.490 e. The first-order valence-corrected chi connectivity index (χ1v) is 9.29. The molecule has 0 fully saturated rings. The predicted molar refractivity (Wildman–Crippen MR) is 107 cm³/mol. The van der Waals surface area contributed by atoms with Crippen LogP contribution in [0, 0.1) is 5.41 Å². The van der Waals surface area contributed by atoms with E-state index in [2.05, 4.69) is 10.3 Å². The van der Waals surface area contributed by atoms with Crippen LogP contribution in [-0.4, -0.2) is 40.9 Å². The molecule has 0 radical (unpaired) electrons. The molecule has 0 aliphatic carbocycles. The van der Waals surface area contributed by atoms with E-state index in [4.69, 9.17) is 9.47 Å². The monoisotopic (exact) mass is 376 g/mol. The van der Waals surface area contributed by atoms with Gasteiger partial charge in [0.1, 0.15) is 25.1 Å². The molecule has 0 aliphatic heterocycles. The average Bonchev–Trinajstić information content (AvgIpc) is 3.02. The molecule has 0 aliphatic rings. The molecule has 1 aromatic carbocycles. The van der Waals surface area contributed by atoms with Gasteiger partial charge in [0.05, 0.1) is 5.41 Å². The number of carbonyl (C=O) groups excluding carboxylic acids is 1. The molecule has 150 valence electrons. The summed E-state index contributed by atoms with van der Waals surface area (Å²) >= 11 is 0. The van der Waals surface area contributed by atoms with E-state index in [9.17, 15) is 9.90 Å². The quantitative estimate of drug-likeness (QED) is 0.645. The van der Waals surface area contributed by atoms with Gasteiger partial charge in [-0.2, -0.15) is 0 Å². The SMILES string of the molecule is CC(C)(C)NCC(O)COc1cc(COC(=O)C(C)(C)C)cc2[nH]ccc12. The van der Waals surface area contributed by atoms with Crippen molar-refractivity contribution in [2.75, 3.05) is 13.2 Å². The molecule has 2 rings (SSSR count). The zero-order valence-electron chi connectivity index (χ0n) is 17.2. The van der Waals surface area contributed by atoms with Crippen molar-refractivity contribution >= 4 is 16.9 Å². The summed E-state index contributed by atoms with van der Waals surface area (Å²) in [5, 5.41) is 14.3. The van der Waals surface area contributed by atoms with Gasteiger partial charge in [0.2, 0.25) is 0 Å². The molecule has 1 unspecified atom stereocenters. The topological polar surface area (TPSA) is 83.6 Å². The lowest BCUT2D eigenvalue weighted by molar-refractivity contribution is -0.154. The first-order valence-electron chi connectivity index (χ1n) is 9.29. The normalized spacial score (nSPS) is 13.6. The number of nitrogens with one attached hydrogen (secondary N) is 2. The largest absolute Gasteiger partial charge is 0.490 e. The van der Waals surface area contributed by atoms with Crippen LogP contribution in [0.1, 0.15) is 47.1 Å². The van der Waals surface area contributed by atoms with E-state index < -0.39 is 11.5 Å². The number of H-pyrrole nitrogens is 1. The van der Waals surface area contributed by atoms with Crippen molar-refractivity contribution in [2.45, 2.75) is 59.8 Å². The van der Waals surface area contributed by atoms with Crippen molar-refractivity contribution in [3.05, 3.63) is 30.0 Å². The Morgan fingerprint density at radius 3 is 2.56 bits per heavy atom. The fourth-order valence-corrected chi connectivity index (χ4v) is 2.43. The lowest BCUT2D eigenvalue weighted by Crippen LogP contribution is -2.42. The summed E-state index contributed by atoms with van der Waals surface area (Å²) in [5.74, 6) is 0.408. The summed E-state index contributed by atoms with van der Waals surface area (Å²) < 4.78 is 11.3. The summed E-state index contributed by atoms with van der Waals surface area (Å²) in [5.41, 5.74) is 1.13. The van der Waals surface area contributed by atoms with E-state index in [-0.39, 0.29) is 24.7 Å². The fourth-order valence-electron chi connectivity index (χ4n) is 2.43. The second kappa shape index (κ2) is 8.31. The van der Waals surface area contributed by atoms with Crippen molar-refractivity contribution in [2.24, 2.45) is 5.41 Å². The van der Waals surface area contributed by atoms with E-state index in [1.54, 1.807) is 0 Å². The van der Waals surface area contributed by atoms with Crippen LogP contribution in [0.5, 0.6) is 5.75 Å². The Morgan fingerprint density at radius 1 is 1.22 bits per heavy atom. The number of rotatable bonds is 7. The highest BCUT2D eigenvalue weighted by molar-refractivity contribution is 5.86. The number of aromatic amines is 1. The Kier molecular flexibility index (Phi) is 6.54. The van der Waals surface area contributed by atoms with Gasteiger partial charge in [-0.3, -0.25) is 4.79 Å². The number of hydrogen-bond donors (Lipinski definition) is 3. The fraction of sp³-hybridized carbons (Fsp3) is 0.571. The smallest absolute Gasteiger partial charge is 0.311 e. The molecule has 0 bridgehead atoms. The summed E-state index contributed by atoms with van der Waals surface area (Å²) in [6.07, 6.45) is 1.21. The first-order chi connectivity index (χ1) is 12.5. The maximum Gasteiger partial charge on any atom is 0.311 e. The predicted octanol–water partition coefficient (Wildman–Crippen LogP) is 3.39. The van der Waals surface area contributed by atoms with E-state index in [1.165, 1.54) is 0 Å². The van der Waals surface area contributed by atoms with Crippen molar-refractivity contribution in [3.8, 4) is 5.75 Å². The highest BCUT2D eigenvalue weighted by Gasteiger charge is 2.23. The second-order valence-corrected chi connectivity index (χ2v) is 8.95. The van der Waals surface area contributed by atoms with Gasteiger partial charge in [0.25, 0.3) is 0 Å². The zero-order valence-corrected chi connectivity index (χ0v) is 17.2. The number of aromatic nitrogens is 1. The summed E-state index contributed by atoms with van der Waals surface area (Å²) in [6, 6.07) is 5.72. The van der Waals surface area contributed by atoms with Gasteiger partial charge >= 0.3 is 5.97 Å². The van der Waals surface area contributed by atoms with Gasteiger partial charge < -0.3 is 24.9 Å². The molecule has 1 heterocycles. The third-order valence-corrected chi connectivity index (χ3v) is 3.97. The molecule has 3 N–H and O–H groups in total. The van der Waals surface area contributed by atoms with Gasteiger partial charge in [-0.05, 0) is 65.3 Å². The third kappa shape index (κ3) is 6.56. The maximum atomic E-state index is 12.0. The van der Waals surface area contributed by atoms with E-state index in [0.717, 1.165) is 16.5 Å². The number of aliphatic hydroxyl groups is 1. The van der Waals surface area contributed by atoms with Gasteiger partial charge in [-0.1, -0.05) is 0 Å². The average molecular weight is 376 g/mol. The molecule has 1 atom stereocenters. The molecule has 0 spiro atoms. The van der Waals surface area contributed by atoms with Gasteiger partial charge in [0.15, 0.2) is 0 Å². The lowest BCUT2D eigenvalue weighted by atomic mass is 9.97. The molecular formula is C21H32N2O4. The van der Waals surface area contributed by atoms with Crippen LogP contribution in [0.25, 0.3) is 10.9 Å². The van der Waals surface area contributed by atoms with Crippen LogP contribution < -0.4 is 10.1 Å². The lowest BCUT2D eigenvalue weighted by Gasteiger charge is -2.23. The van der Waals surface area contributed by atoms with Gasteiger partial charge in [-0.25, -0.2) is 0 Å². The number of hydrogen-bond acceptors (Lipinski definition) is 5. The number of benzene rings is 1. The van der Waals surface area contributed by atoms with Gasteiger partial charge in [0, 0.05) is 29.2 Å². The highest BCUT2D eigenvalue weighted by atomic mass is 16.5. The Bertz CT molecular complexity index is 769. The van der Waals surface area contributed by atoms with E-state index in [1.807, 2.05) is 65.9 Å². The van der Waals surface area contributed by atoms with Crippen LogP contribution in [0.15, 0.2) is 24.4 Å². The number of ether oxygens (including phenoxy) is 2. The number of carbonyl (C=O) groups is 1. The Hall–Kier alpha value is -2.05. The summed E-state index contributed by atoms with van der Waals surface area (Å²) in [4.78, 5) is 15.2. The first kappa shape index (κ1) is 21.3. The molecule has 6 nitrogen and oxygen atoms in total. The van der Waals surface area contributed by atoms with Crippen molar-refractivity contribution in [3.63, 3.8) is 0 Å². The van der Waals surface area contributed by atoms with E-state index >= 15 is 0 Å². The van der Waals surface area contributed by atoms with Crippen LogP contribution in [0.4, 0.5) is 0 Å². The summed E-state index contributed by atoms with van der Waals surface area (Å²) in [6.45, 7) is 12.4. The number of aliphatic hydroxyl groups excluding tert-OH is 1. The van der Waals surface area contributed by atoms with Crippen molar-refractivity contribution in [1.82, 2.24) is 10.3 Å². The van der Waals surface area contributed by atoms with Crippen LogP contribution in [0.3, 0.4) is 0 Å². The molecule has 0 amide bonds. The Labute approximate surface area is 161 Å². The van der Waals surface area contributed by atoms with Crippen LogP contribution in [-0.2, 0) is 16.1 Å². The molecule has 0 saturated heterocycles. The molecule has 1 aromatic heterocycles. The minimum atomic E-state index is -0.624. The van der Waals surface area contributed by atoms with E-state index in [0.29, 0.717) is 12.3 Å². The Morgan fingerprint density at radius 2 is 1.93 bits per heavy atom. The molecule has 6 heteroatoms. The second-order valence-electron chi connectivity index (χ2n) is 8.95. The van der Waals surface area contributed by atoms with Gasteiger partial charge in [-0.15, -0.1) is 0 Å². The minimum absolute atomic E-state index is 0.0638. The Balaban J connectivity index is 2.05. The molecule has 2 aromatic rings. The third-order valence-electron chi connectivity index (χ3n) is 3.97. The zero-order chi connectivity index (χ0) is 20.2. The van der Waals surface area contributed by atoms with Crippen molar-refractivity contribution in [1.29, 1.82) is 0 Å². The number of esters is 1. The van der Waals surface area contributed by atoms with Crippen LogP contribution in [0.2, 0.25) is 0 Å². The number of β-amino-alcohol motifs (C(OH)–C–C–N with tert-alkyl or cyclic N) is 1. The standard InChI is InChI=1S/C21H32N2O4/c1-20(2,3)19(25)27-12-14-9-17-16(7-8-22-17)18(10-14)26-13-15(24)11-23-21(4,5)6/h7-10,15,22-24H,11-13H2,1-6H3.